The van der Waals surface area contributed by atoms with Gasteiger partial charge in [0.25, 0.3) is 0 Å². The fourth-order valence-electron chi connectivity index (χ4n) is 0.777. The van der Waals surface area contributed by atoms with E-state index in [9.17, 15) is 9.59 Å². The van der Waals surface area contributed by atoms with Crippen molar-refractivity contribution in [2.75, 3.05) is 34.8 Å². The first kappa shape index (κ1) is 14.5. The van der Waals surface area contributed by atoms with E-state index in [0.717, 1.165) is 0 Å². The minimum absolute atomic E-state index is 0.0765. The highest BCUT2D eigenvalue weighted by molar-refractivity contribution is 5.67. The van der Waals surface area contributed by atoms with E-state index in [1.807, 2.05) is 6.92 Å². The Morgan fingerprint density at radius 1 is 1.06 bits per heavy atom. The molecule has 0 aliphatic carbocycles. The highest BCUT2D eigenvalue weighted by Gasteiger charge is 2.16. The van der Waals surface area contributed by atoms with Crippen LogP contribution in [-0.4, -0.2) is 62.9 Å². The van der Waals surface area contributed by atoms with Gasteiger partial charge >= 0.3 is 12.2 Å². The van der Waals surface area contributed by atoms with Crippen molar-refractivity contribution >= 4 is 12.2 Å². The number of hydrogen-bond acceptors (Lipinski definition) is 4. The second-order valence-corrected chi connectivity index (χ2v) is 3.78. The first-order valence-electron chi connectivity index (χ1n) is 5.10. The van der Waals surface area contributed by atoms with E-state index >= 15 is 0 Å². The third-order valence-electron chi connectivity index (χ3n) is 1.85. The monoisotopic (exact) mass is 232 g/mol. The summed E-state index contributed by atoms with van der Waals surface area (Å²) in [4.78, 5) is 25.0. The van der Waals surface area contributed by atoms with Gasteiger partial charge in [-0.2, -0.15) is 0 Å². The zero-order valence-electron chi connectivity index (χ0n) is 10.5. The van der Waals surface area contributed by atoms with Crippen LogP contribution in [-0.2, 0) is 9.47 Å². The maximum absolute atomic E-state index is 11.2. The number of ether oxygens (including phenoxy) is 2. The molecule has 2 amide bonds. The molecule has 0 saturated heterocycles. The fourth-order valence-corrected chi connectivity index (χ4v) is 0.777. The van der Waals surface area contributed by atoms with Gasteiger partial charge in [-0.3, -0.25) is 0 Å². The first-order valence-corrected chi connectivity index (χ1v) is 5.10. The van der Waals surface area contributed by atoms with Crippen molar-refractivity contribution in [3.63, 3.8) is 0 Å². The van der Waals surface area contributed by atoms with Gasteiger partial charge in [-0.05, 0) is 6.42 Å². The van der Waals surface area contributed by atoms with Crippen molar-refractivity contribution in [1.29, 1.82) is 0 Å². The molecule has 0 aromatic heterocycles. The molecule has 0 rings (SSSR count). The summed E-state index contributed by atoms with van der Waals surface area (Å²) >= 11 is 0. The fraction of sp³-hybridized carbons (Fsp3) is 0.800. The summed E-state index contributed by atoms with van der Waals surface area (Å²) in [5.74, 6) is 0. The number of carbonyl (C=O) groups excluding carboxylic acids is 2. The summed E-state index contributed by atoms with van der Waals surface area (Å²) in [6, 6.07) is 0. The van der Waals surface area contributed by atoms with Gasteiger partial charge in [0.05, 0.1) is 0 Å². The lowest BCUT2D eigenvalue weighted by atomic mass is 10.3. The Morgan fingerprint density at radius 2 is 1.56 bits per heavy atom. The van der Waals surface area contributed by atoms with Crippen LogP contribution in [0.25, 0.3) is 0 Å². The second kappa shape index (κ2) is 6.92. The lowest BCUT2D eigenvalue weighted by Crippen LogP contribution is -2.32. The van der Waals surface area contributed by atoms with Gasteiger partial charge in [0.2, 0.25) is 0 Å². The van der Waals surface area contributed by atoms with Crippen LogP contribution in [0.15, 0.2) is 0 Å². The normalized spacial score (nSPS) is 11.6. The molecule has 94 valence electrons. The summed E-state index contributed by atoms with van der Waals surface area (Å²) in [7, 11) is 6.38. The standard InChI is InChI=1S/C10H20N2O4/c1-6-8(16-10(14)12(4)5)7-15-9(13)11(2)3/h8H,6-7H2,1-5H3. The largest absolute Gasteiger partial charge is 0.445 e. The third kappa shape index (κ3) is 5.43. The molecule has 0 heterocycles. The summed E-state index contributed by atoms with van der Waals surface area (Å²) in [6.07, 6.45) is -0.689. The highest BCUT2D eigenvalue weighted by Crippen LogP contribution is 2.02. The maximum atomic E-state index is 11.2. The average Bonchev–Trinajstić information content (AvgIpc) is 2.22. The van der Waals surface area contributed by atoms with E-state index in [2.05, 4.69) is 0 Å². The van der Waals surface area contributed by atoms with Crippen molar-refractivity contribution in [2.45, 2.75) is 19.4 Å². The van der Waals surface area contributed by atoms with Crippen molar-refractivity contribution in [2.24, 2.45) is 0 Å². The number of amides is 2. The number of nitrogens with zero attached hydrogens (tertiary/aromatic N) is 2. The summed E-state index contributed by atoms with van der Waals surface area (Å²) < 4.78 is 10.0. The third-order valence-corrected chi connectivity index (χ3v) is 1.85. The van der Waals surface area contributed by atoms with Gasteiger partial charge in [0.1, 0.15) is 12.7 Å². The molecular weight excluding hydrogens is 212 g/mol. The molecule has 0 fully saturated rings. The van der Waals surface area contributed by atoms with Crippen LogP contribution in [0, 0.1) is 0 Å². The molecule has 0 aliphatic heterocycles. The summed E-state index contributed by atoms with van der Waals surface area (Å²) in [5.41, 5.74) is 0. The molecule has 0 aliphatic rings. The van der Waals surface area contributed by atoms with E-state index in [4.69, 9.17) is 9.47 Å². The zero-order chi connectivity index (χ0) is 12.7. The maximum Gasteiger partial charge on any atom is 0.409 e. The Morgan fingerprint density at radius 3 is 1.94 bits per heavy atom. The molecule has 0 spiro atoms. The Hall–Kier alpha value is -1.46. The summed E-state index contributed by atoms with van der Waals surface area (Å²) in [6.45, 7) is 1.93. The van der Waals surface area contributed by atoms with E-state index in [1.54, 1.807) is 28.2 Å². The van der Waals surface area contributed by atoms with Crippen LogP contribution in [0.2, 0.25) is 0 Å². The lowest BCUT2D eigenvalue weighted by molar-refractivity contribution is 0.0236. The summed E-state index contributed by atoms with van der Waals surface area (Å²) in [5, 5.41) is 0. The molecule has 0 N–H and O–H groups in total. The first-order chi connectivity index (χ1) is 7.38. The smallest absolute Gasteiger partial charge is 0.409 e. The minimum atomic E-state index is -0.445. The van der Waals surface area contributed by atoms with Gasteiger partial charge in [0, 0.05) is 28.2 Å². The molecule has 16 heavy (non-hydrogen) atoms. The molecule has 1 unspecified atom stereocenters. The van der Waals surface area contributed by atoms with Gasteiger partial charge in [0.15, 0.2) is 0 Å². The topological polar surface area (TPSA) is 59.1 Å². The van der Waals surface area contributed by atoms with E-state index in [1.165, 1.54) is 9.80 Å². The van der Waals surface area contributed by atoms with Crippen LogP contribution in [0.4, 0.5) is 9.59 Å². The van der Waals surface area contributed by atoms with Gasteiger partial charge < -0.3 is 19.3 Å². The van der Waals surface area contributed by atoms with Gasteiger partial charge in [-0.15, -0.1) is 0 Å². The van der Waals surface area contributed by atoms with Gasteiger partial charge in [-0.25, -0.2) is 9.59 Å². The van der Waals surface area contributed by atoms with E-state index in [-0.39, 0.29) is 6.61 Å². The predicted molar refractivity (Wildman–Crippen MR) is 59.3 cm³/mol. The molecule has 6 nitrogen and oxygen atoms in total. The van der Waals surface area contributed by atoms with Gasteiger partial charge in [-0.1, -0.05) is 6.92 Å². The molecule has 0 bridgehead atoms. The van der Waals surface area contributed by atoms with Crippen LogP contribution in [0.5, 0.6) is 0 Å². The van der Waals surface area contributed by atoms with Crippen LogP contribution in [0.1, 0.15) is 13.3 Å². The Bertz CT molecular complexity index is 241. The molecule has 0 aromatic carbocycles. The SMILES string of the molecule is CCC(COC(=O)N(C)C)OC(=O)N(C)C. The highest BCUT2D eigenvalue weighted by atomic mass is 16.6. The Balaban J connectivity index is 4.02. The van der Waals surface area contributed by atoms with Crippen molar-refractivity contribution < 1.29 is 19.1 Å². The quantitative estimate of drug-likeness (QED) is 0.729. The minimum Gasteiger partial charge on any atom is -0.445 e. The Labute approximate surface area is 96.1 Å². The number of carbonyl (C=O) groups is 2. The van der Waals surface area contributed by atoms with Crippen LogP contribution in [0.3, 0.4) is 0 Å². The van der Waals surface area contributed by atoms with Crippen LogP contribution < -0.4 is 0 Å². The Kier molecular flexibility index (Phi) is 6.29. The predicted octanol–water partition coefficient (Wildman–Crippen LogP) is 1.16. The molecule has 0 radical (unpaired) electrons. The lowest BCUT2D eigenvalue weighted by Gasteiger charge is -2.20. The van der Waals surface area contributed by atoms with Crippen molar-refractivity contribution in [3.8, 4) is 0 Å². The zero-order valence-corrected chi connectivity index (χ0v) is 10.5. The molecule has 1 atom stereocenters. The second-order valence-electron chi connectivity index (χ2n) is 3.78. The molecule has 0 aromatic rings. The van der Waals surface area contributed by atoms with E-state index in [0.29, 0.717) is 6.42 Å². The number of hydrogen-bond donors (Lipinski definition) is 0. The molecular formula is C10H20N2O4. The average molecular weight is 232 g/mol. The molecule has 6 heteroatoms. The van der Waals surface area contributed by atoms with Crippen LogP contribution >= 0.6 is 0 Å². The van der Waals surface area contributed by atoms with E-state index < -0.39 is 18.3 Å². The molecule has 0 saturated carbocycles. The van der Waals surface area contributed by atoms with Crippen molar-refractivity contribution in [1.82, 2.24) is 9.80 Å². The van der Waals surface area contributed by atoms with Crippen molar-refractivity contribution in [3.05, 3.63) is 0 Å². The number of rotatable bonds is 4.